The van der Waals surface area contributed by atoms with Crippen LogP contribution in [0.4, 0.5) is 5.69 Å². The van der Waals surface area contributed by atoms with E-state index in [-0.39, 0.29) is 6.04 Å². The van der Waals surface area contributed by atoms with Gasteiger partial charge in [-0.2, -0.15) is 0 Å². The maximum absolute atomic E-state index is 13.1. The van der Waals surface area contributed by atoms with Crippen molar-refractivity contribution in [1.29, 1.82) is 0 Å². The highest BCUT2D eigenvalue weighted by molar-refractivity contribution is 8.00. The zero-order valence-electron chi connectivity index (χ0n) is 16.7. The van der Waals surface area contributed by atoms with Crippen LogP contribution in [-0.4, -0.2) is 31.5 Å². The first-order valence-corrected chi connectivity index (χ1v) is 10.7. The third-order valence-corrected chi connectivity index (χ3v) is 7.62. The van der Waals surface area contributed by atoms with Gasteiger partial charge in [-0.25, -0.2) is 0 Å². The Kier molecular flexibility index (Phi) is 4.47. The summed E-state index contributed by atoms with van der Waals surface area (Å²) in [6, 6.07) is 22.4. The van der Waals surface area contributed by atoms with E-state index < -0.39 is 22.7 Å². The number of hydrogen-bond acceptors (Lipinski definition) is 6. The minimum Gasteiger partial charge on any atom is -0.468 e. The van der Waals surface area contributed by atoms with Crippen molar-refractivity contribution < 1.29 is 19.1 Å². The van der Waals surface area contributed by atoms with Crippen LogP contribution in [0.25, 0.3) is 10.8 Å². The first-order chi connectivity index (χ1) is 14.6. The molecule has 0 aliphatic carbocycles. The molecule has 0 spiro atoms. The van der Waals surface area contributed by atoms with Crippen molar-refractivity contribution in [2.45, 2.75) is 22.7 Å². The molecule has 0 saturated carbocycles. The molecule has 2 aliphatic heterocycles. The number of fused-ring (bicyclic) bond motifs is 4. The van der Waals surface area contributed by atoms with Crippen LogP contribution >= 0.6 is 11.8 Å². The summed E-state index contributed by atoms with van der Waals surface area (Å²) in [7, 11) is 2.65. The number of hydrogen-bond donors (Lipinski definition) is 0. The Bertz CT molecular complexity index is 1140. The maximum atomic E-state index is 13.1. The van der Waals surface area contributed by atoms with Crippen LogP contribution in [0.3, 0.4) is 0 Å². The van der Waals surface area contributed by atoms with Crippen LogP contribution in [-0.2, 0) is 19.1 Å². The molecule has 2 atom stereocenters. The monoisotopic (exact) mass is 419 g/mol. The lowest BCUT2D eigenvalue weighted by Crippen LogP contribution is -2.48. The molecule has 3 aromatic carbocycles. The molecule has 1 saturated heterocycles. The number of benzene rings is 3. The SMILES string of the molecule is COC(=O)C1(C(=O)OC)C[C@@H](c2ccc3ccccc3c2)N2c3ccccc3S[C@@H]21. The van der Waals surface area contributed by atoms with E-state index in [0.717, 1.165) is 26.9 Å². The number of ether oxygens (including phenoxy) is 2. The average molecular weight is 420 g/mol. The molecule has 2 aliphatic rings. The minimum atomic E-state index is -1.40. The molecular formula is C24H21NO4S. The van der Waals surface area contributed by atoms with Crippen LogP contribution in [0.1, 0.15) is 18.0 Å². The van der Waals surface area contributed by atoms with E-state index in [1.807, 2.05) is 36.4 Å². The van der Waals surface area contributed by atoms with E-state index in [4.69, 9.17) is 9.47 Å². The second-order valence-electron chi connectivity index (χ2n) is 7.63. The molecule has 0 amide bonds. The van der Waals surface area contributed by atoms with Crippen LogP contribution in [0, 0.1) is 5.41 Å². The second kappa shape index (κ2) is 7.06. The van der Waals surface area contributed by atoms with E-state index in [0.29, 0.717) is 6.42 Å². The number of thioether (sulfide) groups is 1. The van der Waals surface area contributed by atoms with E-state index in [1.165, 1.54) is 26.0 Å². The van der Waals surface area contributed by atoms with E-state index in [9.17, 15) is 9.59 Å². The summed E-state index contributed by atoms with van der Waals surface area (Å²) in [5, 5.41) is 1.85. The molecule has 3 aromatic rings. The highest BCUT2D eigenvalue weighted by atomic mass is 32.2. The Morgan fingerprint density at radius 2 is 1.60 bits per heavy atom. The standard InChI is InChI=1S/C24H21NO4S/c1-28-22(26)24(23(27)29-2)14-19(17-12-11-15-7-3-4-8-16(15)13-17)25-18-9-5-6-10-20(18)30-21(24)25/h3-13,19,21H,14H2,1-2H3/t19-,21+/m0/s1. The number of carbonyl (C=O) groups excluding carboxylic acids is 2. The lowest BCUT2D eigenvalue weighted by Gasteiger charge is -2.30. The van der Waals surface area contributed by atoms with Gasteiger partial charge < -0.3 is 14.4 Å². The number of methoxy groups -OCH3 is 2. The predicted molar refractivity (Wildman–Crippen MR) is 116 cm³/mol. The summed E-state index contributed by atoms with van der Waals surface area (Å²) in [6.07, 6.45) is 0.302. The van der Waals surface area contributed by atoms with Crippen LogP contribution in [0.15, 0.2) is 71.6 Å². The molecule has 0 radical (unpaired) electrons. The molecule has 0 unspecified atom stereocenters. The van der Waals surface area contributed by atoms with Crippen molar-refractivity contribution in [2.75, 3.05) is 19.1 Å². The van der Waals surface area contributed by atoms with Crippen LogP contribution in [0.2, 0.25) is 0 Å². The molecule has 5 nitrogen and oxygen atoms in total. The molecule has 0 aromatic heterocycles. The van der Waals surface area contributed by atoms with E-state index in [1.54, 1.807) is 0 Å². The van der Waals surface area contributed by atoms with Gasteiger partial charge in [0.25, 0.3) is 0 Å². The topological polar surface area (TPSA) is 55.8 Å². The lowest BCUT2D eigenvalue weighted by atomic mass is 9.83. The molecule has 0 N–H and O–H groups in total. The Balaban J connectivity index is 1.70. The number of anilines is 1. The second-order valence-corrected chi connectivity index (χ2v) is 8.75. The molecule has 30 heavy (non-hydrogen) atoms. The third-order valence-electron chi connectivity index (χ3n) is 6.16. The smallest absolute Gasteiger partial charge is 0.326 e. The predicted octanol–water partition coefficient (Wildman–Crippen LogP) is 4.56. The van der Waals surface area contributed by atoms with Gasteiger partial charge in [-0.05, 0) is 34.5 Å². The van der Waals surface area contributed by atoms with Gasteiger partial charge in [-0.15, -0.1) is 0 Å². The highest BCUT2D eigenvalue weighted by Crippen LogP contribution is 2.61. The Labute approximate surface area is 179 Å². The number of nitrogens with zero attached hydrogens (tertiary/aromatic N) is 1. The van der Waals surface area contributed by atoms with Gasteiger partial charge in [0.1, 0.15) is 5.37 Å². The van der Waals surface area contributed by atoms with Gasteiger partial charge in [0.05, 0.1) is 25.9 Å². The first kappa shape index (κ1) is 19.0. The molecule has 2 heterocycles. The van der Waals surface area contributed by atoms with Crippen molar-refractivity contribution in [3.63, 3.8) is 0 Å². The normalized spacial score (nSPS) is 21.2. The first-order valence-electron chi connectivity index (χ1n) is 9.79. The van der Waals surface area contributed by atoms with Crippen LogP contribution < -0.4 is 4.90 Å². The summed E-state index contributed by atoms with van der Waals surface area (Å²) in [6.45, 7) is 0. The number of rotatable bonds is 3. The number of para-hydroxylation sites is 1. The summed E-state index contributed by atoms with van der Waals surface area (Å²) >= 11 is 1.53. The summed E-state index contributed by atoms with van der Waals surface area (Å²) in [5.74, 6) is -1.10. The maximum Gasteiger partial charge on any atom is 0.326 e. The summed E-state index contributed by atoms with van der Waals surface area (Å²) < 4.78 is 10.3. The molecule has 0 bridgehead atoms. The van der Waals surface area contributed by atoms with E-state index in [2.05, 4.69) is 35.2 Å². The number of esters is 2. The molecular weight excluding hydrogens is 398 g/mol. The van der Waals surface area contributed by atoms with Crippen molar-refractivity contribution in [3.8, 4) is 0 Å². The summed E-state index contributed by atoms with van der Waals surface area (Å²) in [4.78, 5) is 29.4. The summed E-state index contributed by atoms with van der Waals surface area (Å²) in [5.41, 5.74) is 0.690. The Morgan fingerprint density at radius 3 is 2.33 bits per heavy atom. The molecule has 6 heteroatoms. The Morgan fingerprint density at radius 1 is 0.933 bits per heavy atom. The minimum absolute atomic E-state index is 0.158. The molecule has 5 rings (SSSR count). The van der Waals surface area contributed by atoms with Crippen molar-refractivity contribution in [3.05, 3.63) is 72.3 Å². The van der Waals surface area contributed by atoms with Gasteiger partial charge in [0.2, 0.25) is 0 Å². The van der Waals surface area contributed by atoms with Crippen molar-refractivity contribution in [1.82, 2.24) is 0 Å². The largest absolute Gasteiger partial charge is 0.468 e. The van der Waals surface area contributed by atoms with Gasteiger partial charge in [0, 0.05) is 11.3 Å². The quantitative estimate of drug-likeness (QED) is 0.458. The van der Waals surface area contributed by atoms with Gasteiger partial charge in [-0.1, -0.05) is 60.3 Å². The number of carbonyl (C=O) groups is 2. The fourth-order valence-corrected chi connectivity index (χ4v) is 6.31. The van der Waals surface area contributed by atoms with Crippen molar-refractivity contribution in [2.24, 2.45) is 5.41 Å². The Hall–Kier alpha value is -2.99. The van der Waals surface area contributed by atoms with Gasteiger partial charge in [-0.3, -0.25) is 9.59 Å². The van der Waals surface area contributed by atoms with E-state index >= 15 is 0 Å². The average Bonchev–Trinajstić information content (AvgIpc) is 3.34. The zero-order chi connectivity index (χ0) is 20.9. The fraction of sp³-hybridized carbons (Fsp3) is 0.250. The zero-order valence-corrected chi connectivity index (χ0v) is 17.5. The highest BCUT2D eigenvalue weighted by Gasteiger charge is 2.66. The fourth-order valence-electron chi connectivity index (χ4n) is 4.76. The van der Waals surface area contributed by atoms with Gasteiger partial charge >= 0.3 is 11.9 Å². The molecule has 1 fully saturated rings. The van der Waals surface area contributed by atoms with Gasteiger partial charge in [0.15, 0.2) is 5.41 Å². The third kappa shape index (κ3) is 2.56. The molecule has 152 valence electrons. The van der Waals surface area contributed by atoms with Crippen molar-refractivity contribution >= 4 is 40.2 Å². The van der Waals surface area contributed by atoms with Crippen LogP contribution in [0.5, 0.6) is 0 Å². The lowest BCUT2D eigenvalue weighted by molar-refractivity contribution is -0.168.